The van der Waals surface area contributed by atoms with E-state index in [1.165, 1.54) is 0 Å². The number of esters is 1. The van der Waals surface area contributed by atoms with E-state index in [1.807, 2.05) is 17.0 Å². The maximum Gasteiger partial charge on any atom is 0.320 e. The number of ether oxygens (including phenoxy) is 1. The molecule has 0 atom stereocenters. The van der Waals surface area contributed by atoms with Crippen LogP contribution in [0.1, 0.15) is 12.5 Å². The van der Waals surface area contributed by atoms with Gasteiger partial charge in [0.2, 0.25) is 0 Å². The molecule has 5 heteroatoms. The molecule has 0 aliphatic carbocycles. The minimum Gasteiger partial charge on any atom is -0.465 e. The summed E-state index contributed by atoms with van der Waals surface area (Å²) in [6, 6.07) is 5.45. The summed E-state index contributed by atoms with van der Waals surface area (Å²) < 4.78 is 4.94. The average molecular weight is 302 g/mol. The number of carbonyl (C=O) groups is 1. The van der Waals surface area contributed by atoms with Gasteiger partial charge < -0.3 is 4.74 Å². The topological polar surface area (TPSA) is 29.5 Å². The van der Waals surface area contributed by atoms with E-state index < -0.39 is 0 Å². The van der Waals surface area contributed by atoms with Crippen molar-refractivity contribution in [2.45, 2.75) is 13.5 Å². The monoisotopic (exact) mass is 301 g/mol. The van der Waals surface area contributed by atoms with Crippen molar-refractivity contribution in [1.82, 2.24) is 4.90 Å². The summed E-state index contributed by atoms with van der Waals surface area (Å²) in [6.45, 7) is 7.12. The van der Waals surface area contributed by atoms with E-state index in [2.05, 4.69) is 6.58 Å². The van der Waals surface area contributed by atoms with Gasteiger partial charge in [0.1, 0.15) is 0 Å². The molecule has 0 radical (unpaired) electrons. The molecule has 1 aromatic carbocycles. The van der Waals surface area contributed by atoms with Crippen LogP contribution in [0.4, 0.5) is 0 Å². The lowest BCUT2D eigenvalue weighted by Gasteiger charge is -2.20. The SMILES string of the molecule is C=CCN(CC(=O)OCC)Cc1cccc(Cl)c1Cl. The number of benzene rings is 1. The van der Waals surface area contributed by atoms with Gasteiger partial charge in [0.25, 0.3) is 0 Å². The Morgan fingerprint density at radius 2 is 2.21 bits per heavy atom. The van der Waals surface area contributed by atoms with Crippen molar-refractivity contribution in [3.8, 4) is 0 Å². The molecule has 0 heterocycles. The quantitative estimate of drug-likeness (QED) is 0.570. The number of rotatable bonds is 7. The summed E-state index contributed by atoms with van der Waals surface area (Å²) in [6.07, 6.45) is 1.73. The van der Waals surface area contributed by atoms with Gasteiger partial charge >= 0.3 is 5.97 Å². The van der Waals surface area contributed by atoms with Gasteiger partial charge in [0, 0.05) is 13.1 Å². The Morgan fingerprint density at radius 1 is 1.47 bits per heavy atom. The van der Waals surface area contributed by atoms with Gasteiger partial charge in [-0.15, -0.1) is 6.58 Å². The van der Waals surface area contributed by atoms with Crippen molar-refractivity contribution in [2.75, 3.05) is 19.7 Å². The zero-order chi connectivity index (χ0) is 14.3. The van der Waals surface area contributed by atoms with Crippen LogP contribution in [0.25, 0.3) is 0 Å². The Morgan fingerprint density at radius 3 is 2.84 bits per heavy atom. The third kappa shape index (κ3) is 5.23. The Balaban J connectivity index is 2.74. The second-order valence-electron chi connectivity index (χ2n) is 3.98. The molecule has 104 valence electrons. The predicted molar refractivity (Wildman–Crippen MR) is 78.6 cm³/mol. The minimum absolute atomic E-state index is 0.197. The summed E-state index contributed by atoms with van der Waals surface area (Å²) in [7, 11) is 0. The highest BCUT2D eigenvalue weighted by Gasteiger charge is 2.13. The lowest BCUT2D eigenvalue weighted by Crippen LogP contribution is -2.31. The second-order valence-corrected chi connectivity index (χ2v) is 4.76. The van der Waals surface area contributed by atoms with Gasteiger partial charge in [-0.05, 0) is 18.6 Å². The fourth-order valence-corrected chi connectivity index (χ4v) is 2.05. The lowest BCUT2D eigenvalue weighted by molar-refractivity contribution is -0.144. The zero-order valence-corrected chi connectivity index (χ0v) is 12.4. The third-order valence-corrected chi connectivity index (χ3v) is 3.33. The molecule has 0 saturated carbocycles. The van der Waals surface area contributed by atoms with Crippen LogP contribution in [0.3, 0.4) is 0 Å². The van der Waals surface area contributed by atoms with Crippen LogP contribution in [0.5, 0.6) is 0 Å². The maximum absolute atomic E-state index is 11.5. The first-order valence-electron chi connectivity index (χ1n) is 6.00. The first kappa shape index (κ1) is 16.0. The van der Waals surface area contributed by atoms with Crippen LogP contribution in [-0.2, 0) is 16.1 Å². The molecule has 19 heavy (non-hydrogen) atoms. The van der Waals surface area contributed by atoms with E-state index in [0.717, 1.165) is 5.56 Å². The van der Waals surface area contributed by atoms with Crippen molar-refractivity contribution in [3.05, 3.63) is 46.5 Å². The van der Waals surface area contributed by atoms with Crippen molar-refractivity contribution < 1.29 is 9.53 Å². The Kier molecular flexibility index (Phi) is 6.92. The van der Waals surface area contributed by atoms with Crippen molar-refractivity contribution in [2.24, 2.45) is 0 Å². The molecule has 1 rings (SSSR count). The number of hydrogen-bond acceptors (Lipinski definition) is 3. The van der Waals surface area contributed by atoms with Gasteiger partial charge in [-0.2, -0.15) is 0 Å². The van der Waals surface area contributed by atoms with Crippen molar-refractivity contribution in [3.63, 3.8) is 0 Å². The van der Waals surface area contributed by atoms with Gasteiger partial charge in [-0.3, -0.25) is 9.69 Å². The van der Waals surface area contributed by atoms with E-state index in [9.17, 15) is 4.79 Å². The fourth-order valence-electron chi connectivity index (χ4n) is 1.67. The Labute approximate surface area is 123 Å². The van der Waals surface area contributed by atoms with Gasteiger partial charge in [-0.25, -0.2) is 0 Å². The van der Waals surface area contributed by atoms with Gasteiger partial charge in [0.05, 0.1) is 23.2 Å². The molecule has 0 aromatic heterocycles. The first-order valence-corrected chi connectivity index (χ1v) is 6.75. The summed E-state index contributed by atoms with van der Waals surface area (Å²) in [4.78, 5) is 13.4. The zero-order valence-electron chi connectivity index (χ0n) is 10.9. The molecular weight excluding hydrogens is 285 g/mol. The molecule has 0 amide bonds. The molecule has 3 nitrogen and oxygen atoms in total. The van der Waals surface area contributed by atoms with E-state index in [0.29, 0.717) is 29.7 Å². The highest BCUT2D eigenvalue weighted by Crippen LogP contribution is 2.26. The summed E-state index contributed by atoms with van der Waals surface area (Å²) in [5.74, 6) is -0.262. The van der Waals surface area contributed by atoms with Crippen molar-refractivity contribution in [1.29, 1.82) is 0 Å². The molecule has 0 fully saturated rings. The fraction of sp³-hybridized carbons (Fsp3) is 0.357. The number of hydrogen-bond donors (Lipinski definition) is 0. The summed E-state index contributed by atoms with van der Waals surface area (Å²) in [5, 5.41) is 1.02. The molecule has 0 aliphatic heterocycles. The second kappa shape index (κ2) is 8.20. The molecule has 1 aromatic rings. The Bertz CT molecular complexity index is 449. The Hall–Kier alpha value is -1.03. The average Bonchev–Trinajstić information content (AvgIpc) is 2.35. The van der Waals surface area contributed by atoms with Crippen LogP contribution in [-0.4, -0.2) is 30.6 Å². The van der Waals surface area contributed by atoms with E-state index in [1.54, 1.807) is 19.1 Å². The third-order valence-electron chi connectivity index (χ3n) is 2.47. The number of halogens is 2. The first-order chi connectivity index (χ1) is 9.08. The molecule has 0 unspecified atom stereocenters. The molecule has 0 saturated heterocycles. The highest BCUT2D eigenvalue weighted by molar-refractivity contribution is 6.42. The predicted octanol–water partition coefficient (Wildman–Crippen LogP) is 3.54. The molecule has 0 N–H and O–H groups in total. The van der Waals surface area contributed by atoms with E-state index in [-0.39, 0.29) is 12.5 Å². The highest BCUT2D eigenvalue weighted by atomic mass is 35.5. The van der Waals surface area contributed by atoms with Gasteiger partial charge in [-0.1, -0.05) is 41.4 Å². The van der Waals surface area contributed by atoms with Crippen LogP contribution < -0.4 is 0 Å². The molecule has 0 spiro atoms. The van der Waals surface area contributed by atoms with E-state index in [4.69, 9.17) is 27.9 Å². The normalized spacial score (nSPS) is 10.5. The molecule has 0 bridgehead atoms. The van der Waals surface area contributed by atoms with E-state index >= 15 is 0 Å². The summed E-state index contributed by atoms with van der Waals surface area (Å²) >= 11 is 12.1. The smallest absolute Gasteiger partial charge is 0.320 e. The van der Waals surface area contributed by atoms with Crippen LogP contribution >= 0.6 is 23.2 Å². The minimum atomic E-state index is -0.262. The lowest BCUT2D eigenvalue weighted by atomic mass is 10.2. The summed E-state index contributed by atoms with van der Waals surface area (Å²) in [5.41, 5.74) is 0.875. The van der Waals surface area contributed by atoms with Gasteiger partial charge in [0.15, 0.2) is 0 Å². The van der Waals surface area contributed by atoms with Crippen LogP contribution in [0.15, 0.2) is 30.9 Å². The standard InChI is InChI=1S/C14H17Cl2NO2/c1-3-8-17(10-13(18)19-4-2)9-11-6-5-7-12(15)14(11)16/h3,5-7H,1,4,8-10H2,2H3. The van der Waals surface area contributed by atoms with Crippen molar-refractivity contribution >= 4 is 29.2 Å². The van der Waals surface area contributed by atoms with Crippen LogP contribution in [0.2, 0.25) is 10.0 Å². The molecular formula is C14H17Cl2NO2. The maximum atomic E-state index is 11.5. The number of carbonyl (C=O) groups excluding carboxylic acids is 1. The molecule has 0 aliphatic rings. The van der Waals surface area contributed by atoms with Crippen LogP contribution in [0, 0.1) is 0 Å². The largest absolute Gasteiger partial charge is 0.465 e. The number of nitrogens with zero attached hydrogens (tertiary/aromatic N) is 1.